The predicted octanol–water partition coefficient (Wildman–Crippen LogP) is 2.69. The summed E-state index contributed by atoms with van der Waals surface area (Å²) in [6.07, 6.45) is 9.71. The van der Waals surface area contributed by atoms with Gasteiger partial charge in [0, 0.05) is 18.8 Å². The quantitative estimate of drug-likeness (QED) is 0.601. The molecular weight excluding hydrogens is 354 g/mol. The average molecular weight is 389 g/mol. The van der Waals surface area contributed by atoms with Gasteiger partial charge in [0.25, 0.3) is 0 Å². The summed E-state index contributed by atoms with van der Waals surface area (Å²) in [7, 11) is 0. The maximum Gasteiger partial charge on any atom is 0.315 e. The van der Waals surface area contributed by atoms with Gasteiger partial charge >= 0.3 is 5.97 Å². The second-order valence-electron chi connectivity index (χ2n) is 10.2. The van der Waals surface area contributed by atoms with E-state index in [1.165, 1.54) is 19.3 Å². The number of quaternary nitrogens is 1. The smallest absolute Gasteiger partial charge is 0.315 e. The van der Waals surface area contributed by atoms with Crippen LogP contribution in [-0.2, 0) is 20.7 Å². The predicted molar refractivity (Wildman–Crippen MR) is 104 cm³/mol. The molecule has 1 spiro atoms. The molecule has 3 heterocycles. The van der Waals surface area contributed by atoms with Crippen LogP contribution in [0, 0.1) is 23.2 Å². The van der Waals surface area contributed by atoms with Crippen molar-refractivity contribution in [3.8, 4) is 0 Å². The van der Waals surface area contributed by atoms with Crippen LogP contribution in [0.3, 0.4) is 0 Å². The molecule has 5 heteroatoms. The number of furan rings is 1. The number of hydrogen-bond donors (Lipinski definition) is 1. The van der Waals surface area contributed by atoms with Crippen LogP contribution < -0.4 is 5.32 Å². The number of aryl methyl sites for hydroxylation is 1. The molecule has 1 aromatic rings. The first kappa shape index (κ1) is 18.7. The third-order valence-electron chi connectivity index (χ3n) is 8.30. The molecule has 28 heavy (non-hydrogen) atoms. The first-order valence-electron chi connectivity index (χ1n) is 11.2. The van der Waals surface area contributed by atoms with Gasteiger partial charge in [0.1, 0.15) is 17.8 Å². The van der Waals surface area contributed by atoms with Crippen molar-refractivity contribution in [3.05, 3.63) is 24.2 Å². The molecule has 7 atom stereocenters. The number of rotatable bonds is 6. The highest BCUT2D eigenvalue weighted by atomic mass is 16.6. The molecule has 2 saturated carbocycles. The lowest BCUT2D eigenvalue weighted by molar-refractivity contribution is -0.690. The highest BCUT2D eigenvalue weighted by Crippen LogP contribution is 2.62. The Balaban J connectivity index is 1.21. The zero-order chi connectivity index (χ0) is 19.4. The Bertz CT molecular complexity index is 712. The fourth-order valence-electron chi connectivity index (χ4n) is 6.55. The Labute approximate surface area is 167 Å². The Morgan fingerprint density at radius 2 is 2.21 bits per heavy atom. The van der Waals surface area contributed by atoms with Crippen molar-refractivity contribution in [2.45, 2.75) is 76.5 Å². The molecule has 154 valence electrons. The standard InChI is InChI=1S/C23H33NO4/c1-15(6-7-16-5-3-10-26-16)24-13-18-17-11-20-22(2,12-19(17)28-21(18)25)8-4-9-23(20)14-27-23/h3,5,10,15,17-20,24H,4,6-9,11-14H2,1-2H3/p+1/t15-,17+,18+,19+,20+,22+,23+/m0/s1. The number of hydrogen-bond acceptors (Lipinski definition) is 4. The highest BCUT2D eigenvalue weighted by Gasteiger charge is 2.65. The van der Waals surface area contributed by atoms with Crippen LogP contribution in [0.1, 0.15) is 58.1 Å². The Hall–Kier alpha value is -1.33. The van der Waals surface area contributed by atoms with E-state index in [1.54, 1.807) is 6.26 Å². The molecular formula is C23H34NO4+. The maximum absolute atomic E-state index is 12.7. The first-order chi connectivity index (χ1) is 13.5. The van der Waals surface area contributed by atoms with Crippen LogP contribution in [-0.4, -0.2) is 36.9 Å². The summed E-state index contributed by atoms with van der Waals surface area (Å²) in [6.45, 7) is 6.43. The Morgan fingerprint density at radius 3 is 2.96 bits per heavy atom. The molecule has 2 saturated heterocycles. The summed E-state index contributed by atoms with van der Waals surface area (Å²) in [6, 6.07) is 4.44. The van der Waals surface area contributed by atoms with E-state index in [4.69, 9.17) is 13.9 Å². The third-order valence-corrected chi connectivity index (χ3v) is 8.30. The monoisotopic (exact) mass is 388 g/mol. The van der Waals surface area contributed by atoms with Gasteiger partial charge in [0.05, 0.1) is 31.1 Å². The van der Waals surface area contributed by atoms with Crippen molar-refractivity contribution in [1.82, 2.24) is 0 Å². The molecule has 0 bridgehead atoms. The van der Waals surface area contributed by atoms with Crippen LogP contribution in [0.15, 0.2) is 22.8 Å². The molecule has 5 nitrogen and oxygen atoms in total. The summed E-state index contributed by atoms with van der Waals surface area (Å²) in [5.74, 6) is 2.09. The summed E-state index contributed by atoms with van der Waals surface area (Å²) < 4.78 is 17.4. The van der Waals surface area contributed by atoms with Crippen molar-refractivity contribution in [2.75, 3.05) is 13.2 Å². The van der Waals surface area contributed by atoms with Gasteiger partial charge in [-0.15, -0.1) is 0 Å². The van der Waals surface area contributed by atoms with Crippen molar-refractivity contribution in [2.24, 2.45) is 23.2 Å². The van der Waals surface area contributed by atoms with Crippen LogP contribution in [0.25, 0.3) is 0 Å². The molecule has 5 rings (SSSR count). The minimum Gasteiger partial charge on any atom is -0.469 e. The van der Waals surface area contributed by atoms with E-state index in [2.05, 4.69) is 19.2 Å². The minimum atomic E-state index is 0.0393. The van der Waals surface area contributed by atoms with E-state index in [9.17, 15) is 4.79 Å². The van der Waals surface area contributed by atoms with Crippen molar-refractivity contribution >= 4 is 5.97 Å². The summed E-state index contributed by atoms with van der Waals surface area (Å²) in [4.78, 5) is 12.7. The zero-order valence-electron chi connectivity index (χ0n) is 17.2. The van der Waals surface area contributed by atoms with E-state index in [1.807, 2.05) is 12.1 Å². The molecule has 0 unspecified atom stereocenters. The van der Waals surface area contributed by atoms with Crippen LogP contribution in [0.2, 0.25) is 0 Å². The molecule has 4 aliphatic rings. The van der Waals surface area contributed by atoms with E-state index >= 15 is 0 Å². The van der Waals surface area contributed by atoms with E-state index in [0.29, 0.717) is 17.9 Å². The molecule has 0 amide bonds. The number of epoxide rings is 1. The number of nitrogens with two attached hydrogens (primary N) is 1. The highest BCUT2D eigenvalue weighted by molar-refractivity contribution is 5.75. The lowest BCUT2D eigenvalue weighted by Gasteiger charge is -2.51. The second kappa shape index (κ2) is 6.88. The lowest BCUT2D eigenvalue weighted by atomic mass is 9.53. The SMILES string of the molecule is C[C@@H](CCc1ccco1)[NH2+]C[C@H]1C(=O)O[C@@H]2C[C@@]3(C)CCC[C@@]4(CO4)[C@@H]3C[C@@H]21. The van der Waals surface area contributed by atoms with Gasteiger partial charge in [-0.2, -0.15) is 0 Å². The van der Waals surface area contributed by atoms with Gasteiger partial charge in [-0.25, -0.2) is 0 Å². The molecule has 1 aromatic heterocycles. The normalized spacial score (nSPS) is 42.7. The van der Waals surface area contributed by atoms with Gasteiger partial charge in [0.2, 0.25) is 0 Å². The van der Waals surface area contributed by atoms with E-state index < -0.39 is 0 Å². The third kappa shape index (κ3) is 3.21. The molecule has 0 aromatic carbocycles. The van der Waals surface area contributed by atoms with Gasteiger partial charge < -0.3 is 19.2 Å². The van der Waals surface area contributed by atoms with Gasteiger partial charge in [-0.3, -0.25) is 4.79 Å². The van der Waals surface area contributed by atoms with E-state index in [0.717, 1.165) is 44.6 Å². The zero-order valence-corrected chi connectivity index (χ0v) is 17.2. The molecule has 0 radical (unpaired) electrons. The van der Waals surface area contributed by atoms with Gasteiger partial charge in [-0.1, -0.05) is 6.92 Å². The summed E-state index contributed by atoms with van der Waals surface area (Å²) in [5, 5.41) is 2.34. The fraction of sp³-hybridized carbons (Fsp3) is 0.783. The van der Waals surface area contributed by atoms with Crippen molar-refractivity contribution in [3.63, 3.8) is 0 Å². The van der Waals surface area contributed by atoms with Crippen LogP contribution >= 0.6 is 0 Å². The number of carbonyl (C=O) groups is 1. The number of fused-ring (bicyclic) bond motifs is 3. The fourth-order valence-corrected chi connectivity index (χ4v) is 6.55. The average Bonchev–Trinajstić information content (AvgIpc) is 3.11. The molecule has 2 aliphatic heterocycles. The topological polar surface area (TPSA) is 68.6 Å². The molecule has 2 N–H and O–H groups in total. The second-order valence-corrected chi connectivity index (χ2v) is 10.2. The Kier molecular flexibility index (Phi) is 4.59. The van der Waals surface area contributed by atoms with Gasteiger partial charge in [-0.05, 0) is 62.5 Å². The van der Waals surface area contributed by atoms with E-state index in [-0.39, 0.29) is 29.0 Å². The number of ether oxygens (including phenoxy) is 2. The Morgan fingerprint density at radius 1 is 1.36 bits per heavy atom. The number of esters is 1. The van der Waals surface area contributed by atoms with Crippen molar-refractivity contribution < 1.29 is 24.0 Å². The summed E-state index contributed by atoms with van der Waals surface area (Å²) in [5.41, 5.74) is 0.416. The van der Waals surface area contributed by atoms with Crippen molar-refractivity contribution in [1.29, 1.82) is 0 Å². The largest absolute Gasteiger partial charge is 0.469 e. The van der Waals surface area contributed by atoms with Crippen LogP contribution in [0.4, 0.5) is 0 Å². The van der Waals surface area contributed by atoms with Crippen LogP contribution in [0.5, 0.6) is 0 Å². The number of carbonyl (C=O) groups excluding carboxylic acids is 1. The minimum absolute atomic E-state index is 0.0393. The molecule has 4 fully saturated rings. The molecule has 2 aliphatic carbocycles. The first-order valence-corrected chi connectivity index (χ1v) is 11.2. The summed E-state index contributed by atoms with van der Waals surface area (Å²) >= 11 is 0. The lowest BCUT2D eigenvalue weighted by Crippen LogP contribution is -2.91. The maximum atomic E-state index is 12.7. The van der Waals surface area contributed by atoms with Gasteiger partial charge in [0.15, 0.2) is 0 Å².